The van der Waals surface area contributed by atoms with Gasteiger partial charge < -0.3 is 33.5 Å². The molecule has 220 valence electrons. The third kappa shape index (κ3) is 4.83. The number of carbonyl (C=O) groups excluding carboxylic acids is 2. The Bertz CT molecular complexity index is 1530. The van der Waals surface area contributed by atoms with Crippen LogP contribution in [0.1, 0.15) is 44.0 Å². The maximum atomic E-state index is 14.7. The second-order valence-corrected chi connectivity index (χ2v) is 11.4. The minimum absolute atomic E-state index is 0.0224. The SMILES string of the molecule is COC(=O)c1cc(-c2cc3c(cc2C(=O)N2Cc4ccccc4C[C@H]2CN2CCOCC2)OCO3)n2c1CC(O)CC2. The van der Waals surface area contributed by atoms with Gasteiger partial charge in [0.2, 0.25) is 6.79 Å². The number of morpholine rings is 1. The lowest BCUT2D eigenvalue weighted by atomic mass is 9.92. The molecule has 1 unspecified atom stereocenters. The zero-order valence-corrected chi connectivity index (χ0v) is 23.7. The van der Waals surface area contributed by atoms with E-state index < -0.39 is 12.1 Å². The Morgan fingerprint density at radius 2 is 1.74 bits per heavy atom. The molecular formula is C32H35N3O7. The number of aliphatic hydroxyl groups is 1. The molecule has 7 rings (SSSR count). The van der Waals surface area contributed by atoms with Crippen molar-refractivity contribution in [2.45, 2.75) is 44.5 Å². The number of carbonyl (C=O) groups is 2. The Hall–Kier alpha value is -3.86. The molecule has 0 aliphatic carbocycles. The number of hydrogen-bond donors (Lipinski definition) is 1. The monoisotopic (exact) mass is 573 g/mol. The van der Waals surface area contributed by atoms with Crippen LogP contribution in [0.25, 0.3) is 11.3 Å². The molecule has 5 heterocycles. The predicted molar refractivity (Wildman–Crippen MR) is 153 cm³/mol. The molecule has 0 radical (unpaired) electrons. The summed E-state index contributed by atoms with van der Waals surface area (Å²) in [5, 5.41) is 10.4. The number of aliphatic hydroxyl groups excluding tert-OH is 1. The number of benzene rings is 2. The summed E-state index contributed by atoms with van der Waals surface area (Å²) in [6.45, 7) is 4.93. The molecular weight excluding hydrogens is 538 g/mol. The van der Waals surface area contributed by atoms with Gasteiger partial charge in [-0.15, -0.1) is 0 Å². The number of aromatic nitrogens is 1. The van der Waals surface area contributed by atoms with Crippen molar-refractivity contribution in [1.29, 1.82) is 0 Å². The molecule has 1 saturated heterocycles. The van der Waals surface area contributed by atoms with E-state index in [9.17, 15) is 14.7 Å². The quantitative estimate of drug-likeness (QED) is 0.465. The molecule has 1 N–H and O–H groups in total. The summed E-state index contributed by atoms with van der Waals surface area (Å²) in [7, 11) is 1.35. The average Bonchev–Trinajstić information content (AvgIpc) is 3.64. The minimum Gasteiger partial charge on any atom is -0.465 e. The Labute approximate surface area is 244 Å². The summed E-state index contributed by atoms with van der Waals surface area (Å²) in [6, 6.07) is 13.7. The molecule has 0 spiro atoms. The van der Waals surface area contributed by atoms with Crippen molar-refractivity contribution >= 4 is 11.9 Å². The first kappa shape index (κ1) is 27.0. The number of ether oxygens (including phenoxy) is 4. The molecule has 0 bridgehead atoms. The molecule has 4 aliphatic rings. The van der Waals surface area contributed by atoms with E-state index in [0.717, 1.165) is 37.3 Å². The van der Waals surface area contributed by atoms with Crippen molar-refractivity contribution < 1.29 is 33.6 Å². The van der Waals surface area contributed by atoms with Gasteiger partial charge in [-0.3, -0.25) is 9.69 Å². The number of hydrogen-bond acceptors (Lipinski definition) is 8. The van der Waals surface area contributed by atoms with Crippen LogP contribution in [0, 0.1) is 0 Å². The van der Waals surface area contributed by atoms with Crippen LogP contribution in [-0.4, -0.2) is 90.2 Å². The van der Waals surface area contributed by atoms with Crippen LogP contribution >= 0.6 is 0 Å². The fourth-order valence-electron chi connectivity index (χ4n) is 6.73. The van der Waals surface area contributed by atoms with Crippen LogP contribution in [0.15, 0.2) is 42.5 Å². The standard InChI is InChI=1S/C32H35N3O7/c1-39-32(38)26-14-28(34-7-6-23(36)13-27(26)34)24-15-29-30(42-19-41-29)16-25(24)31(37)35-17-21-5-3-2-4-20(21)12-22(35)18-33-8-10-40-11-9-33/h2-5,14-16,22-23,36H,6-13,17-19H2,1H3/t22-,23?/m0/s1. The molecule has 10 nitrogen and oxygen atoms in total. The highest BCUT2D eigenvalue weighted by Crippen LogP contribution is 2.42. The van der Waals surface area contributed by atoms with E-state index in [2.05, 4.69) is 23.1 Å². The van der Waals surface area contributed by atoms with E-state index in [-0.39, 0.29) is 18.7 Å². The van der Waals surface area contributed by atoms with Crippen molar-refractivity contribution in [3.8, 4) is 22.8 Å². The maximum absolute atomic E-state index is 14.7. The van der Waals surface area contributed by atoms with Gasteiger partial charge >= 0.3 is 5.97 Å². The molecule has 1 aromatic heterocycles. The first-order valence-electron chi connectivity index (χ1n) is 14.6. The molecule has 3 aromatic rings. The van der Waals surface area contributed by atoms with Crippen LogP contribution in [0.5, 0.6) is 11.5 Å². The molecule has 42 heavy (non-hydrogen) atoms. The van der Waals surface area contributed by atoms with Gasteiger partial charge in [0.1, 0.15) is 0 Å². The predicted octanol–water partition coefficient (Wildman–Crippen LogP) is 2.88. The number of methoxy groups -OCH3 is 1. The summed E-state index contributed by atoms with van der Waals surface area (Å²) in [6.07, 6.45) is 1.11. The Morgan fingerprint density at radius 3 is 2.52 bits per heavy atom. The third-order valence-electron chi connectivity index (χ3n) is 8.94. The van der Waals surface area contributed by atoms with Gasteiger partial charge in [0, 0.05) is 56.4 Å². The molecule has 4 aliphatic heterocycles. The van der Waals surface area contributed by atoms with Gasteiger partial charge in [-0.25, -0.2) is 4.79 Å². The van der Waals surface area contributed by atoms with Gasteiger partial charge in [0.25, 0.3) is 5.91 Å². The van der Waals surface area contributed by atoms with Crippen molar-refractivity contribution in [2.75, 3.05) is 46.8 Å². The largest absolute Gasteiger partial charge is 0.465 e. The second kappa shape index (κ2) is 11.1. The van der Waals surface area contributed by atoms with E-state index >= 15 is 0 Å². The Balaban J connectivity index is 1.33. The van der Waals surface area contributed by atoms with E-state index in [4.69, 9.17) is 18.9 Å². The summed E-state index contributed by atoms with van der Waals surface area (Å²) >= 11 is 0. The highest BCUT2D eigenvalue weighted by molar-refractivity contribution is 6.03. The minimum atomic E-state index is -0.545. The molecule has 2 atom stereocenters. The maximum Gasteiger partial charge on any atom is 0.339 e. The average molecular weight is 574 g/mol. The molecule has 10 heteroatoms. The normalized spacial score (nSPS) is 21.5. The number of fused-ring (bicyclic) bond motifs is 3. The molecule has 1 amide bonds. The second-order valence-electron chi connectivity index (χ2n) is 11.4. The van der Waals surface area contributed by atoms with Crippen LogP contribution in [0.2, 0.25) is 0 Å². The van der Waals surface area contributed by atoms with Crippen molar-refractivity contribution in [3.05, 3.63) is 70.4 Å². The van der Waals surface area contributed by atoms with Gasteiger partial charge in [0.05, 0.1) is 43.2 Å². The number of rotatable bonds is 5. The fourth-order valence-corrected chi connectivity index (χ4v) is 6.73. The van der Waals surface area contributed by atoms with Gasteiger partial charge in [-0.05, 0) is 42.2 Å². The smallest absolute Gasteiger partial charge is 0.339 e. The van der Waals surface area contributed by atoms with Gasteiger partial charge in [0.15, 0.2) is 11.5 Å². The van der Waals surface area contributed by atoms with Crippen LogP contribution < -0.4 is 9.47 Å². The molecule has 0 saturated carbocycles. The lowest BCUT2D eigenvalue weighted by molar-refractivity contribution is 0.0193. The fraction of sp³-hybridized carbons (Fsp3) is 0.438. The van der Waals surface area contributed by atoms with E-state index in [1.54, 1.807) is 12.1 Å². The number of amides is 1. The molecule has 1 fully saturated rings. The van der Waals surface area contributed by atoms with Crippen molar-refractivity contribution in [1.82, 2.24) is 14.4 Å². The van der Waals surface area contributed by atoms with E-state index in [1.165, 1.54) is 12.7 Å². The zero-order valence-electron chi connectivity index (χ0n) is 23.7. The summed E-state index contributed by atoms with van der Waals surface area (Å²) in [5.74, 6) is 0.521. The third-order valence-corrected chi connectivity index (χ3v) is 8.94. The molecule has 2 aromatic carbocycles. The first-order valence-corrected chi connectivity index (χ1v) is 14.6. The summed E-state index contributed by atoms with van der Waals surface area (Å²) in [4.78, 5) is 31.9. The zero-order chi connectivity index (χ0) is 28.8. The van der Waals surface area contributed by atoms with E-state index in [0.29, 0.717) is 73.0 Å². The summed E-state index contributed by atoms with van der Waals surface area (Å²) < 4.78 is 24.2. The lowest BCUT2D eigenvalue weighted by Crippen LogP contribution is -2.52. The van der Waals surface area contributed by atoms with Crippen LogP contribution in [0.3, 0.4) is 0 Å². The van der Waals surface area contributed by atoms with Gasteiger partial charge in [-0.2, -0.15) is 0 Å². The summed E-state index contributed by atoms with van der Waals surface area (Å²) in [5.41, 5.74) is 5.42. The highest BCUT2D eigenvalue weighted by atomic mass is 16.7. The topological polar surface area (TPSA) is 103 Å². The van der Waals surface area contributed by atoms with Crippen molar-refractivity contribution in [2.24, 2.45) is 0 Å². The van der Waals surface area contributed by atoms with E-state index in [1.807, 2.05) is 21.6 Å². The number of esters is 1. The Kier molecular flexibility index (Phi) is 7.13. The Morgan fingerprint density at radius 1 is 0.976 bits per heavy atom. The highest BCUT2D eigenvalue weighted by Gasteiger charge is 2.36. The first-order chi connectivity index (χ1) is 20.5. The van der Waals surface area contributed by atoms with Gasteiger partial charge in [-0.1, -0.05) is 24.3 Å². The van der Waals surface area contributed by atoms with Crippen LogP contribution in [0.4, 0.5) is 0 Å². The van der Waals surface area contributed by atoms with Crippen LogP contribution in [-0.2, 0) is 35.4 Å². The number of nitrogens with zero attached hydrogens (tertiary/aromatic N) is 3. The lowest BCUT2D eigenvalue weighted by Gasteiger charge is -2.40. The van der Waals surface area contributed by atoms with Crippen molar-refractivity contribution in [3.63, 3.8) is 0 Å².